The van der Waals surface area contributed by atoms with Crippen LogP contribution in [0.5, 0.6) is 0 Å². The van der Waals surface area contributed by atoms with Gasteiger partial charge in [0.1, 0.15) is 11.2 Å². The molecule has 2 aromatic rings. The quantitative estimate of drug-likeness (QED) is 0.315. The Labute approximate surface area is 258 Å². The van der Waals surface area contributed by atoms with Crippen molar-refractivity contribution in [2.45, 2.75) is 64.1 Å². The zero-order chi connectivity index (χ0) is 31.7. The van der Waals surface area contributed by atoms with Crippen molar-refractivity contribution in [3.8, 4) is 0 Å². The average Bonchev–Trinajstić information content (AvgIpc) is 3.27. The van der Waals surface area contributed by atoms with Gasteiger partial charge >= 0.3 is 12.3 Å². The third-order valence-electron chi connectivity index (χ3n) is 8.59. The monoisotopic (exact) mass is 612 g/mol. The predicted octanol–water partition coefficient (Wildman–Crippen LogP) is 6.57. The Balaban J connectivity index is 1.08. The van der Waals surface area contributed by atoms with E-state index < -0.39 is 17.3 Å². The van der Waals surface area contributed by atoms with Gasteiger partial charge in [0.05, 0.1) is 12.1 Å². The number of benzene rings is 2. The summed E-state index contributed by atoms with van der Waals surface area (Å²) in [5.41, 5.74) is 2.45. The molecule has 3 aliphatic rings. The van der Waals surface area contributed by atoms with E-state index in [9.17, 15) is 18.0 Å². The van der Waals surface area contributed by atoms with E-state index >= 15 is 0 Å². The van der Waals surface area contributed by atoms with Crippen LogP contribution in [-0.4, -0.2) is 82.7 Å². The van der Waals surface area contributed by atoms with Crippen molar-refractivity contribution in [1.29, 1.82) is 0 Å². The van der Waals surface area contributed by atoms with Crippen LogP contribution in [0.3, 0.4) is 0 Å². The molecule has 10 heteroatoms. The number of hydrogen-bond donors (Lipinski definition) is 0. The summed E-state index contributed by atoms with van der Waals surface area (Å²) >= 11 is 0. The molecule has 0 aliphatic carbocycles. The van der Waals surface area contributed by atoms with Crippen LogP contribution in [0.25, 0.3) is 5.70 Å². The highest BCUT2D eigenvalue weighted by Crippen LogP contribution is 2.35. The lowest BCUT2D eigenvalue weighted by Gasteiger charge is -2.40. The van der Waals surface area contributed by atoms with E-state index in [1.165, 1.54) is 12.1 Å². The molecule has 3 fully saturated rings. The summed E-state index contributed by atoms with van der Waals surface area (Å²) in [6, 6.07) is 13.5. The van der Waals surface area contributed by atoms with Crippen molar-refractivity contribution in [2.75, 3.05) is 45.8 Å². The van der Waals surface area contributed by atoms with Gasteiger partial charge in [-0.05, 0) is 56.2 Å². The largest absolute Gasteiger partial charge is 0.474 e. The van der Waals surface area contributed by atoms with E-state index in [4.69, 9.17) is 9.47 Å². The highest BCUT2D eigenvalue weighted by Gasteiger charge is 2.46. The molecule has 3 saturated heterocycles. The molecule has 44 heavy (non-hydrogen) atoms. The van der Waals surface area contributed by atoms with Gasteiger partial charge in [-0.2, -0.15) is 13.2 Å². The SMILES string of the molecule is C=C(OC(C)(C)C)N1CCN(C(=C)c2ccc(CN3CC4(CCN(Cc5ccc(C(F)(F)F)cc5)CC4)OC3=O)cc2)CC1. The van der Waals surface area contributed by atoms with Crippen LogP contribution in [0.4, 0.5) is 18.0 Å². The Morgan fingerprint density at radius 1 is 0.841 bits per heavy atom. The molecular formula is C34H43F3N4O3. The fourth-order valence-corrected chi connectivity index (χ4v) is 6.10. The van der Waals surface area contributed by atoms with Crippen molar-refractivity contribution in [2.24, 2.45) is 0 Å². The minimum Gasteiger partial charge on any atom is -0.474 e. The molecule has 5 rings (SSSR count). The molecule has 7 nitrogen and oxygen atoms in total. The Kier molecular flexibility index (Phi) is 8.94. The second-order valence-corrected chi connectivity index (χ2v) is 13.1. The number of carbonyl (C=O) groups is 1. The van der Waals surface area contributed by atoms with Gasteiger partial charge in [-0.3, -0.25) is 9.80 Å². The molecule has 0 unspecified atom stereocenters. The van der Waals surface area contributed by atoms with E-state index in [2.05, 4.69) is 40.0 Å². The molecular weight excluding hydrogens is 569 g/mol. The number of rotatable bonds is 8. The zero-order valence-electron chi connectivity index (χ0n) is 26.0. The zero-order valence-corrected chi connectivity index (χ0v) is 26.0. The number of alkyl halides is 3. The van der Waals surface area contributed by atoms with Crippen molar-refractivity contribution in [3.05, 3.63) is 89.8 Å². The van der Waals surface area contributed by atoms with Crippen molar-refractivity contribution in [3.63, 3.8) is 0 Å². The topological polar surface area (TPSA) is 48.5 Å². The van der Waals surface area contributed by atoms with Gasteiger partial charge in [-0.25, -0.2) is 4.79 Å². The maximum atomic E-state index is 12.9. The van der Waals surface area contributed by atoms with E-state index in [1.807, 2.05) is 32.9 Å². The van der Waals surface area contributed by atoms with E-state index in [1.54, 1.807) is 4.90 Å². The Bertz CT molecular complexity index is 1340. The molecule has 3 heterocycles. The fraction of sp³-hybridized carbons (Fsp3) is 0.500. The number of piperidine rings is 1. The van der Waals surface area contributed by atoms with Crippen molar-refractivity contribution in [1.82, 2.24) is 19.6 Å². The van der Waals surface area contributed by atoms with Crippen molar-refractivity contribution < 1.29 is 27.4 Å². The van der Waals surface area contributed by atoms with Gasteiger partial charge in [-0.15, -0.1) is 0 Å². The first-order chi connectivity index (χ1) is 20.7. The van der Waals surface area contributed by atoms with Crippen molar-refractivity contribution >= 4 is 11.8 Å². The highest BCUT2D eigenvalue weighted by molar-refractivity contribution is 5.71. The predicted molar refractivity (Wildman–Crippen MR) is 164 cm³/mol. The van der Waals surface area contributed by atoms with Gasteiger partial charge < -0.3 is 19.3 Å². The fourth-order valence-electron chi connectivity index (χ4n) is 6.10. The summed E-state index contributed by atoms with van der Waals surface area (Å²) in [6.45, 7) is 20.8. The second-order valence-electron chi connectivity index (χ2n) is 13.1. The number of halogens is 3. The van der Waals surface area contributed by atoms with Gasteiger partial charge in [-0.1, -0.05) is 43.0 Å². The molecule has 238 valence electrons. The summed E-state index contributed by atoms with van der Waals surface area (Å²) in [4.78, 5) is 21.2. The lowest BCUT2D eigenvalue weighted by Crippen LogP contribution is -2.46. The first-order valence-corrected chi connectivity index (χ1v) is 15.2. The average molecular weight is 613 g/mol. The normalized spacial score (nSPS) is 19.3. The first kappa shape index (κ1) is 31.8. The molecule has 1 amide bonds. The van der Waals surface area contributed by atoms with Gasteiger partial charge in [0.15, 0.2) is 5.88 Å². The Morgan fingerprint density at radius 2 is 1.39 bits per heavy atom. The summed E-state index contributed by atoms with van der Waals surface area (Å²) in [7, 11) is 0. The van der Waals surface area contributed by atoms with Crippen LogP contribution in [0, 0.1) is 0 Å². The summed E-state index contributed by atoms with van der Waals surface area (Å²) < 4.78 is 50.4. The minimum atomic E-state index is -4.33. The number of likely N-dealkylation sites (tertiary alicyclic amines) is 1. The summed E-state index contributed by atoms with van der Waals surface area (Å²) in [6.07, 6.45) is -3.25. The lowest BCUT2D eigenvalue weighted by molar-refractivity contribution is -0.137. The number of nitrogens with zero attached hydrogens (tertiary/aromatic N) is 4. The number of amides is 1. The van der Waals surface area contributed by atoms with Crippen LogP contribution in [-0.2, 0) is 28.7 Å². The molecule has 0 atom stereocenters. The molecule has 0 bridgehead atoms. The molecule has 2 aromatic carbocycles. The standard InChI is InChI=1S/C34H43F3N4O3/c1-25(39-18-20-40(21-19-39)26(2)43-32(3,4)5)29-10-6-28(7-11-29)23-41-24-33(44-31(41)42)14-16-38(17-15-33)22-27-8-12-30(13-9-27)34(35,36)37/h6-13H,1-2,14-24H2,3-5H3. The maximum absolute atomic E-state index is 12.9. The molecule has 0 saturated carbocycles. The van der Waals surface area contributed by atoms with Gasteiger partial charge in [0.25, 0.3) is 0 Å². The third-order valence-corrected chi connectivity index (χ3v) is 8.59. The van der Waals surface area contributed by atoms with Gasteiger partial charge in [0.2, 0.25) is 0 Å². The van der Waals surface area contributed by atoms with Crippen LogP contribution >= 0.6 is 0 Å². The van der Waals surface area contributed by atoms with Crippen LogP contribution in [0.15, 0.2) is 67.6 Å². The number of piperazine rings is 1. The molecule has 0 N–H and O–H groups in total. The summed E-state index contributed by atoms with van der Waals surface area (Å²) in [5, 5.41) is 0. The number of hydrogen-bond acceptors (Lipinski definition) is 6. The number of ether oxygens (including phenoxy) is 2. The highest BCUT2D eigenvalue weighted by atomic mass is 19.4. The Hall–Kier alpha value is -3.66. The smallest absolute Gasteiger partial charge is 0.416 e. The third kappa shape index (κ3) is 7.70. The minimum absolute atomic E-state index is 0.273. The van der Waals surface area contributed by atoms with E-state index in [0.717, 1.165) is 60.7 Å². The number of carbonyl (C=O) groups excluding carboxylic acids is 1. The van der Waals surface area contributed by atoms with E-state index in [0.29, 0.717) is 51.4 Å². The molecule has 3 aliphatic heterocycles. The molecule has 1 spiro atoms. The van der Waals surface area contributed by atoms with Gasteiger partial charge in [0, 0.05) is 70.9 Å². The molecule has 0 radical (unpaired) electrons. The Morgan fingerprint density at radius 3 is 1.95 bits per heavy atom. The molecule has 0 aromatic heterocycles. The summed E-state index contributed by atoms with van der Waals surface area (Å²) in [5.74, 6) is 0.707. The lowest BCUT2D eigenvalue weighted by atomic mass is 9.91. The van der Waals surface area contributed by atoms with Crippen LogP contribution in [0.2, 0.25) is 0 Å². The van der Waals surface area contributed by atoms with Crippen LogP contribution < -0.4 is 0 Å². The van der Waals surface area contributed by atoms with E-state index in [-0.39, 0.29) is 11.7 Å². The first-order valence-electron chi connectivity index (χ1n) is 15.2. The second kappa shape index (κ2) is 12.4. The maximum Gasteiger partial charge on any atom is 0.416 e. The van der Waals surface area contributed by atoms with Crippen LogP contribution in [0.1, 0.15) is 55.9 Å².